The second kappa shape index (κ2) is 5.77. The Hall–Kier alpha value is -0.880. The van der Waals surface area contributed by atoms with Gasteiger partial charge in [-0.05, 0) is 13.3 Å². The molecule has 0 aromatic carbocycles. The summed E-state index contributed by atoms with van der Waals surface area (Å²) in [5.41, 5.74) is 0. The zero-order valence-corrected chi connectivity index (χ0v) is 9.21. The Kier molecular flexibility index (Phi) is 4.61. The number of nitrogens with zero attached hydrogens (tertiary/aromatic N) is 3. The van der Waals surface area contributed by atoms with Crippen molar-refractivity contribution in [1.82, 2.24) is 15.0 Å². The highest BCUT2D eigenvalue weighted by atomic mass is 32.1. The highest BCUT2D eigenvalue weighted by molar-refractivity contribution is 7.80. The zero-order valence-electron chi connectivity index (χ0n) is 8.32. The molecule has 0 spiro atoms. The van der Waals surface area contributed by atoms with Crippen molar-refractivity contribution in [2.75, 3.05) is 25.6 Å². The lowest BCUT2D eigenvalue weighted by molar-refractivity contribution is 0.197. The van der Waals surface area contributed by atoms with Crippen LogP contribution in [0.3, 0.4) is 0 Å². The molecule has 1 rings (SSSR count). The van der Waals surface area contributed by atoms with Crippen LogP contribution in [-0.2, 0) is 4.74 Å². The minimum Gasteiger partial charge on any atom is -0.385 e. The van der Waals surface area contributed by atoms with Crippen LogP contribution < -0.4 is 5.32 Å². The van der Waals surface area contributed by atoms with Gasteiger partial charge in [0.05, 0.1) is 0 Å². The summed E-state index contributed by atoms with van der Waals surface area (Å²) in [5, 5.41) is 3.51. The van der Waals surface area contributed by atoms with E-state index in [1.807, 2.05) is 6.92 Å². The van der Waals surface area contributed by atoms with Crippen LogP contribution in [0.4, 0.5) is 5.95 Å². The fraction of sp³-hybridized carbons (Fsp3) is 0.625. The fourth-order valence-electron chi connectivity index (χ4n) is 0.963. The Balaban J connectivity index is 2.42. The molecule has 0 radical (unpaired) electrons. The number of aromatic nitrogens is 3. The molecule has 0 saturated carbocycles. The molecular formula is C8H14N4OS. The molecule has 5 nitrogen and oxygen atoms in total. The molecule has 0 saturated heterocycles. The molecular weight excluding hydrogens is 200 g/mol. The molecule has 0 amide bonds. The van der Waals surface area contributed by atoms with Gasteiger partial charge in [-0.3, -0.25) is 0 Å². The maximum Gasteiger partial charge on any atom is 0.226 e. The van der Waals surface area contributed by atoms with E-state index in [1.165, 1.54) is 0 Å². The van der Waals surface area contributed by atoms with Gasteiger partial charge in [0, 0.05) is 20.3 Å². The minimum absolute atomic E-state index is 0.437. The predicted octanol–water partition coefficient (Wildman–Crippen LogP) is 0.917. The smallest absolute Gasteiger partial charge is 0.226 e. The van der Waals surface area contributed by atoms with Crippen LogP contribution in [-0.4, -0.2) is 35.2 Å². The molecule has 0 unspecified atom stereocenters. The largest absolute Gasteiger partial charge is 0.385 e. The van der Waals surface area contributed by atoms with E-state index >= 15 is 0 Å². The second-order valence-electron chi connectivity index (χ2n) is 2.78. The minimum atomic E-state index is 0.437. The van der Waals surface area contributed by atoms with E-state index in [1.54, 1.807) is 7.11 Å². The number of anilines is 1. The number of nitrogens with one attached hydrogen (secondary N) is 1. The molecule has 1 N–H and O–H groups in total. The molecule has 0 atom stereocenters. The lowest BCUT2D eigenvalue weighted by Crippen LogP contribution is -2.09. The fourth-order valence-corrected chi connectivity index (χ4v) is 1.20. The van der Waals surface area contributed by atoms with Crippen molar-refractivity contribution in [1.29, 1.82) is 0 Å². The molecule has 0 aliphatic heterocycles. The summed E-state index contributed by atoms with van der Waals surface area (Å²) in [5.74, 6) is 1.23. The molecule has 0 aliphatic carbocycles. The first-order valence-corrected chi connectivity index (χ1v) is 4.81. The topological polar surface area (TPSA) is 59.9 Å². The molecule has 14 heavy (non-hydrogen) atoms. The van der Waals surface area contributed by atoms with Gasteiger partial charge in [-0.2, -0.15) is 9.97 Å². The highest BCUT2D eigenvalue weighted by Crippen LogP contribution is 2.03. The van der Waals surface area contributed by atoms with Crippen LogP contribution in [0.2, 0.25) is 0 Å². The van der Waals surface area contributed by atoms with Crippen LogP contribution >= 0.6 is 12.6 Å². The summed E-state index contributed by atoms with van der Waals surface area (Å²) < 4.78 is 4.92. The lowest BCUT2D eigenvalue weighted by atomic mass is 10.4. The van der Waals surface area contributed by atoms with Gasteiger partial charge < -0.3 is 10.1 Å². The van der Waals surface area contributed by atoms with E-state index < -0.39 is 0 Å². The van der Waals surface area contributed by atoms with Crippen molar-refractivity contribution in [3.8, 4) is 0 Å². The summed E-state index contributed by atoms with van der Waals surface area (Å²) >= 11 is 4.06. The Labute approximate surface area is 88.7 Å². The van der Waals surface area contributed by atoms with Gasteiger partial charge in [-0.15, -0.1) is 12.6 Å². The molecule has 6 heteroatoms. The monoisotopic (exact) mass is 214 g/mol. The van der Waals surface area contributed by atoms with Crippen LogP contribution in [0.25, 0.3) is 0 Å². The Morgan fingerprint density at radius 1 is 1.36 bits per heavy atom. The van der Waals surface area contributed by atoms with Crippen molar-refractivity contribution in [2.24, 2.45) is 0 Å². The third-order valence-corrected chi connectivity index (χ3v) is 1.74. The van der Waals surface area contributed by atoms with E-state index in [0.29, 0.717) is 16.9 Å². The summed E-state index contributed by atoms with van der Waals surface area (Å²) in [6, 6.07) is 0. The van der Waals surface area contributed by atoms with Gasteiger partial charge in [0.1, 0.15) is 5.82 Å². The molecule has 1 aromatic rings. The quantitative estimate of drug-likeness (QED) is 0.564. The van der Waals surface area contributed by atoms with Crippen molar-refractivity contribution in [3.63, 3.8) is 0 Å². The first-order valence-electron chi connectivity index (χ1n) is 4.37. The van der Waals surface area contributed by atoms with E-state index in [-0.39, 0.29) is 0 Å². The van der Waals surface area contributed by atoms with Crippen molar-refractivity contribution < 1.29 is 4.74 Å². The normalized spacial score (nSPS) is 10.2. The molecule has 0 fully saturated rings. The average molecular weight is 214 g/mol. The third kappa shape index (κ3) is 3.89. The van der Waals surface area contributed by atoms with Gasteiger partial charge >= 0.3 is 0 Å². The average Bonchev–Trinajstić information content (AvgIpc) is 2.11. The van der Waals surface area contributed by atoms with Crippen LogP contribution in [0, 0.1) is 6.92 Å². The molecule has 0 aliphatic rings. The molecule has 78 valence electrons. The number of methoxy groups -OCH3 is 1. The summed E-state index contributed by atoms with van der Waals surface area (Å²) in [6.45, 7) is 3.32. The lowest BCUT2D eigenvalue weighted by Gasteiger charge is -2.04. The van der Waals surface area contributed by atoms with E-state index in [9.17, 15) is 0 Å². The van der Waals surface area contributed by atoms with Gasteiger partial charge in [0.15, 0.2) is 5.16 Å². The number of ether oxygens (including phenoxy) is 1. The van der Waals surface area contributed by atoms with Crippen molar-refractivity contribution in [2.45, 2.75) is 18.5 Å². The Morgan fingerprint density at radius 3 is 2.79 bits per heavy atom. The summed E-state index contributed by atoms with van der Waals surface area (Å²) in [4.78, 5) is 12.1. The van der Waals surface area contributed by atoms with Gasteiger partial charge in [-0.1, -0.05) is 0 Å². The van der Waals surface area contributed by atoms with Crippen molar-refractivity contribution >= 4 is 18.6 Å². The van der Waals surface area contributed by atoms with Crippen LogP contribution in [0.1, 0.15) is 12.2 Å². The Bertz CT molecular complexity index is 274. The van der Waals surface area contributed by atoms with E-state index in [2.05, 4.69) is 32.9 Å². The van der Waals surface area contributed by atoms with Crippen LogP contribution in [0.15, 0.2) is 5.16 Å². The Morgan fingerprint density at radius 2 is 2.14 bits per heavy atom. The maximum atomic E-state index is 4.92. The predicted molar refractivity (Wildman–Crippen MR) is 56.8 cm³/mol. The van der Waals surface area contributed by atoms with Gasteiger partial charge in [0.2, 0.25) is 5.95 Å². The first kappa shape index (κ1) is 11.2. The number of rotatable bonds is 5. The summed E-state index contributed by atoms with van der Waals surface area (Å²) in [7, 11) is 1.68. The molecule has 0 bridgehead atoms. The number of aryl methyl sites for hydroxylation is 1. The number of hydrogen-bond donors (Lipinski definition) is 2. The van der Waals surface area contributed by atoms with Gasteiger partial charge in [0.25, 0.3) is 0 Å². The molecule has 1 aromatic heterocycles. The summed E-state index contributed by atoms with van der Waals surface area (Å²) in [6.07, 6.45) is 0.920. The highest BCUT2D eigenvalue weighted by Gasteiger charge is 1.99. The second-order valence-corrected chi connectivity index (χ2v) is 3.18. The maximum absolute atomic E-state index is 4.92. The van der Waals surface area contributed by atoms with E-state index in [0.717, 1.165) is 19.6 Å². The van der Waals surface area contributed by atoms with Crippen LogP contribution in [0.5, 0.6) is 0 Å². The van der Waals surface area contributed by atoms with Crippen molar-refractivity contribution in [3.05, 3.63) is 5.82 Å². The van der Waals surface area contributed by atoms with E-state index in [4.69, 9.17) is 4.74 Å². The standard InChI is InChI=1S/C8H14N4OS/c1-6-10-7(12-8(14)11-6)9-4-3-5-13-2/h3-5H2,1-2H3,(H2,9,10,11,12,14). The van der Waals surface area contributed by atoms with Gasteiger partial charge in [-0.25, -0.2) is 4.98 Å². The zero-order chi connectivity index (χ0) is 10.4. The first-order chi connectivity index (χ1) is 6.72. The molecule has 1 heterocycles. The third-order valence-electron chi connectivity index (χ3n) is 1.54. The SMILES string of the molecule is COCCCNc1nc(C)nc(S)n1. The number of thiol groups is 1. The number of hydrogen-bond acceptors (Lipinski definition) is 6.